The van der Waals surface area contributed by atoms with Gasteiger partial charge in [-0.05, 0) is 61.2 Å². The van der Waals surface area contributed by atoms with Gasteiger partial charge in [0, 0.05) is 38.4 Å². The standard InChI is InChI=1S/C24H28FN3O3/c25-20-5-7-21(8-6-20)26-23(30)18-13-19(24(31)28-11-1-2-12-28)16-27(15-18)14-17-3-9-22(29)10-4-17/h3-10,18-19,29H,1-2,11-16H2,(H,26,30)/t18-,19+/m1/s1. The van der Waals surface area contributed by atoms with Crippen LogP contribution in [0.25, 0.3) is 0 Å². The molecule has 0 unspecified atom stereocenters. The number of rotatable bonds is 5. The van der Waals surface area contributed by atoms with Gasteiger partial charge in [-0.2, -0.15) is 0 Å². The first kappa shape index (κ1) is 21.3. The first-order chi connectivity index (χ1) is 15.0. The van der Waals surface area contributed by atoms with E-state index in [4.69, 9.17) is 0 Å². The van der Waals surface area contributed by atoms with E-state index in [9.17, 15) is 19.1 Å². The largest absolute Gasteiger partial charge is 0.508 e. The second kappa shape index (κ2) is 9.47. The van der Waals surface area contributed by atoms with Crippen molar-refractivity contribution in [1.29, 1.82) is 0 Å². The molecule has 2 atom stereocenters. The Morgan fingerprint density at radius 3 is 2.29 bits per heavy atom. The number of hydrogen-bond donors (Lipinski definition) is 2. The van der Waals surface area contributed by atoms with Crippen molar-refractivity contribution in [2.45, 2.75) is 25.8 Å². The van der Waals surface area contributed by atoms with Gasteiger partial charge in [-0.25, -0.2) is 4.39 Å². The molecule has 2 fully saturated rings. The Morgan fingerprint density at radius 2 is 1.61 bits per heavy atom. The number of carbonyl (C=O) groups is 2. The maximum absolute atomic E-state index is 13.2. The summed E-state index contributed by atoms with van der Waals surface area (Å²) >= 11 is 0. The molecular weight excluding hydrogens is 397 g/mol. The van der Waals surface area contributed by atoms with Crippen LogP contribution in [0, 0.1) is 17.7 Å². The van der Waals surface area contributed by atoms with Crippen LogP contribution in [0.1, 0.15) is 24.8 Å². The molecule has 2 aromatic rings. The molecular formula is C24H28FN3O3. The van der Waals surface area contributed by atoms with E-state index in [1.807, 2.05) is 17.0 Å². The van der Waals surface area contributed by atoms with Gasteiger partial charge in [0.1, 0.15) is 11.6 Å². The molecule has 0 radical (unpaired) electrons. The van der Waals surface area contributed by atoms with Crippen LogP contribution in [0.4, 0.5) is 10.1 Å². The molecule has 0 saturated carbocycles. The van der Waals surface area contributed by atoms with Crippen LogP contribution in [-0.2, 0) is 16.1 Å². The zero-order chi connectivity index (χ0) is 21.8. The number of anilines is 1. The zero-order valence-electron chi connectivity index (χ0n) is 17.5. The maximum atomic E-state index is 13.2. The number of piperidine rings is 1. The summed E-state index contributed by atoms with van der Waals surface area (Å²) in [5.41, 5.74) is 1.56. The fourth-order valence-corrected chi connectivity index (χ4v) is 4.52. The highest BCUT2D eigenvalue weighted by atomic mass is 19.1. The van der Waals surface area contributed by atoms with Gasteiger partial charge in [0.15, 0.2) is 0 Å². The number of hydrogen-bond acceptors (Lipinski definition) is 4. The third-order valence-electron chi connectivity index (χ3n) is 6.12. The summed E-state index contributed by atoms with van der Waals surface area (Å²) in [6, 6.07) is 12.7. The van der Waals surface area contributed by atoms with Crippen LogP contribution < -0.4 is 5.32 Å². The lowest BCUT2D eigenvalue weighted by atomic mass is 9.87. The summed E-state index contributed by atoms with van der Waals surface area (Å²) in [7, 11) is 0. The normalized spacial score (nSPS) is 21.8. The molecule has 6 nitrogen and oxygen atoms in total. The monoisotopic (exact) mass is 425 g/mol. The fourth-order valence-electron chi connectivity index (χ4n) is 4.52. The molecule has 2 aliphatic rings. The summed E-state index contributed by atoms with van der Waals surface area (Å²) in [5.74, 6) is -0.734. The summed E-state index contributed by atoms with van der Waals surface area (Å²) in [5, 5.41) is 12.4. The SMILES string of the molecule is O=C(Nc1ccc(F)cc1)[C@@H]1C[C@H](C(=O)N2CCCC2)CN(Cc2ccc(O)cc2)C1. The third kappa shape index (κ3) is 5.41. The third-order valence-corrected chi connectivity index (χ3v) is 6.12. The minimum absolute atomic E-state index is 0.132. The van der Waals surface area contributed by atoms with Crippen LogP contribution >= 0.6 is 0 Å². The fraction of sp³-hybridized carbons (Fsp3) is 0.417. The Labute approximate surface area is 181 Å². The van der Waals surface area contributed by atoms with Crippen LogP contribution in [-0.4, -0.2) is 52.9 Å². The van der Waals surface area contributed by atoms with Gasteiger partial charge in [0.25, 0.3) is 0 Å². The van der Waals surface area contributed by atoms with Crippen LogP contribution in [0.2, 0.25) is 0 Å². The molecule has 164 valence electrons. The second-order valence-corrected chi connectivity index (χ2v) is 8.52. The lowest BCUT2D eigenvalue weighted by molar-refractivity contribution is -0.138. The Bertz CT molecular complexity index is 911. The topological polar surface area (TPSA) is 72.9 Å². The highest BCUT2D eigenvalue weighted by Crippen LogP contribution is 2.28. The number of nitrogens with zero attached hydrogens (tertiary/aromatic N) is 2. The number of amides is 2. The molecule has 31 heavy (non-hydrogen) atoms. The van der Waals surface area contributed by atoms with E-state index >= 15 is 0 Å². The number of phenolic OH excluding ortho intramolecular Hbond substituents is 1. The van der Waals surface area contributed by atoms with Crippen molar-refractivity contribution in [2.75, 3.05) is 31.5 Å². The van der Waals surface area contributed by atoms with Crippen molar-refractivity contribution >= 4 is 17.5 Å². The summed E-state index contributed by atoms with van der Waals surface area (Å²) < 4.78 is 13.2. The lowest BCUT2D eigenvalue weighted by Crippen LogP contribution is -2.49. The summed E-state index contributed by atoms with van der Waals surface area (Å²) in [4.78, 5) is 30.2. The molecule has 2 amide bonds. The van der Waals surface area contributed by atoms with Gasteiger partial charge in [0.05, 0.1) is 11.8 Å². The van der Waals surface area contributed by atoms with Gasteiger partial charge in [0.2, 0.25) is 11.8 Å². The molecule has 2 aliphatic heterocycles. The molecule has 0 bridgehead atoms. The number of carbonyl (C=O) groups excluding carboxylic acids is 2. The molecule has 2 heterocycles. The highest BCUT2D eigenvalue weighted by molar-refractivity contribution is 5.93. The van der Waals surface area contributed by atoms with E-state index in [0.29, 0.717) is 31.7 Å². The minimum atomic E-state index is -0.355. The van der Waals surface area contributed by atoms with Gasteiger partial charge in [-0.1, -0.05) is 12.1 Å². The van der Waals surface area contributed by atoms with E-state index in [-0.39, 0.29) is 35.2 Å². The number of likely N-dealkylation sites (tertiary alicyclic amines) is 2. The number of phenols is 1. The summed E-state index contributed by atoms with van der Waals surface area (Å²) in [6.07, 6.45) is 2.57. The van der Waals surface area contributed by atoms with Gasteiger partial charge in [-0.3, -0.25) is 14.5 Å². The quantitative estimate of drug-likeness (QED) is 0.772. The molecule has 0 spiro atoms. The van der Waals surface area contributed by atoms with Crippen LogP contribution in [0.5, 0.6) is 5.75 Å². The van der Waals surface area contributed by atoms with E-state index < -0.39 is 0 Å². The van der Waals surface area contributed by atoms with Crippen molar-refractivity contribution in [3.05, 3.63) is 59.9 Å². The van der Waals surface area contributed by atoms with Crippen molar-refractivity contribution in [3.8, 4) is 5.75 Å². The van der Waals surface area contributed by atoms with E-state index in [1.54, 1.807) is 12.1 Å². The first-order valence-electron chi connectivity index (χ1n) is 10.8. The molecule has 2 N–H and O–H groups in total. The number of nitrogens with one attached hydrogen (secondary N) is 1. The highest BCUT2D eigenvalue weighted by Gasteiger charge is 2.37. The number of benzene rings is 2. The van der Waals surface area contributed by atoms with Crippen LogP contribution in [0.3, 0.4) is 0 Å². The maximum Gasteiger partial charge on any atom is 0.228 e. The van der Waals surface area contributed by atoms with Crippen molar-refractivity contribution in [3.63, 3.8) is 0 Å². The Morgan fingerprint density at radius 1 is 0.968 bits per heavy atom. The van der Waals surface area contributed by atoms with Gasteiger partial charge < -0.3 is 15.3 Å². The van der Waals surface area contributed by atoms with Gasteiger partial charge in [-0.15, -0.1) is 0 Å². The van der Waals surface area contributed by atoms with Gasteiger partial charge >= 0.3 is 0 Å². The minimum Gasteiger partial charge on any atom is -0.508 e. The molecule has 7 heteroatoms. The Kier molecular flexibility index (Phi) is 6.51. The van der Waals surface area contributed by atoms with Crippen molar-refractivity contribution in [2.24, 2.45) is 11.8 Å². The first-order valence-corrected chi connectivity index (χ1v) is 10.8. The average molecular weight is 426 g/mol. The average Bonchev–Trinajstić information content (AvgIpc) is 3.31. The predicted molar refractivity (Wildman–Crippen MR) is 116 cm³/mol. The number of halogens is 1. The smallest absolute Gasteiger partial charge is 0.228 e. The van der Waals surface area contributed by atoms with E-state index in [1.165, 1.54) is 24.3 Å². The predicted octanol–water partition coefficient (Wildman–Crippen LogP) is 3.23. The van der Waals surface area contributed by atoms with Crippen molar-refractivity contribution in [1.82, 2.24) is 9.80 Å². The second-order valence-electron chi connectivity index (χ2n) is 8.52. The molecule has 4 rings (SSSR count). The Balaban J connectivity index is 1.48. The zero-order valence-corrected chi connectivity index (χ0v) is 17.5. The number of aromatic hydroxyl groups is 1. The van der Waals surface area contributed by atoms with E-state index in [0.717, 1.165) is 31.5 Å². The van der Waals surface area contributed by atoms with E-state index in [2.05, 4.69) is 10.2 Å². The summed E-state index contributed by atoms with van der Waals surface area (Å²) in [6.45, 7) is 3.33. The van der Waals surface area contributed by atoms with Crippen LogP contribution in [0.15, 0.2) is 48.5 Å². The van der Waals surface area contributed by atoms with Crippen molar-refractivity contribution < 1.29 is 19.1 Å². The Hall–Kier alpha value is -2.93. The molecule has 2 saturated heterocycles. The molecule has 2 aromatic carbocycles. The molecule has 0 aliphatic carbocycles. The molecule has 0 aromatic heterocycles. The lowest BCUT2D eigenvalue weighted by Gasteiger charge is -2.38.